The topological polar surface area (TPSA) is 55.5 Å². The van der Waals surface area contributed by atoms with Crippen molar-refractivity contribution in [1.29, 1.82) is 0 Å². The van der Waals surface area contributed by atoms with Gasteiger partial charge in [-0.25, -0.2) is 0 Å². The monoisotopic (exact) mass is 132 g/mol. The van der Waals surface area contributed by atoms with Crippen molar-refractivity contribution >= 4 is 17.3 Å². The second-order valence-electron chi connectivity index (χ2n) is 1.35. The third-order valence-corrected chi connectivity index (χ3v) is 1.70. The molecule has 0 spiro atoms. The molecule has 1 rings (SSSR count). The van der Waals surface area contributed by atoms with Crippen molar-refractivity contribution in [3.05, 3.63) is 10.1 Å². The van der Waals surface area contributed by atoms with Crippen molar-refractivity contribution in [1.82, 2.24) is 0 Å². The second-order valence-corrected chi connectivity index (χ2v) is 2.37. The molecule has 1 unspecified atom stereocenters. The highest BCUT2D eigenvalue weighted by molar-refractivity contribution is 8.12. The molecule has 0 aromatic rings. The Balaban J connectivity index is 2.41. The smallest absolute Gasteiger partial charge is 0.278 e. The summed E-state index contributed by atoms with van der Waals surface area (Å²) in [6, 6.07) is 0. The van der Waals surface area contributed by atoms with Gasteiger partial charge in [0.05, 0.1) is 5.55 Å². The maximum atomic E-state index is 9.91. The largest absolute Gasteiger partial charge is 0.282 e. The average Bonchev–Trinajstić information content (AvgIpc) is 2.12. The number of nitrogens with zero attached hydrogens (tertiary/aromatic N) is 2. The van der Waals surface area contributed by atoms with Crippen molar-refractivity contribution in [2.75, 3.05) is 6.54 Å². The molecule has 0 saturated heterocycles. The molecule has 0 radical (unpaired) electrons. The van der Waals surface area contributed by atoms with Crippen LogP contribution in [0.2, 0.25) is 0 Å². The van der Waals surface area contributed by atoms with Crippen molar-refractivity contribution in [3.63, 3.8) is 0 Å². The van der Waals surface area contributed by atoms with Crippen LogP contribution in [0.15, 0.2) is 4.99 Å². The van der Waals surface area contributed by atoms with E-state index in [0.29, 0.717) is 6.54 Å². The van der Waals surface area contributed by atoms with Gasteiger partial charge < -0.3 is 0 Å². The Bertz CT molecular complexity index is 127. The van der Waals surface area contributed by atoms with Crippen LogP contribution in [-0.4, -0.2) is 22.4 Å². The molecule has 0 N–H and O–H groups in total. The molecule has 1 aliphatic rings. The van der Waals surface area contributed by atoms with E-state index < -0.39 is 5.37 Å². The Morgan fingerprint density at radius 2 is 2.75 bits per heavy atom. The Kier molecular flexibility index (Phi) is 1.48. The third kappa shape index (κ3) is 0.975. The highest BCUT2D eigenvalue weighted by atomic mass is 32.2. The Morgan fingerprint density at radius 3 is 3.00 bits per heavy atom. The van der Waals surface area contributed by atoms with Crippen LogP contribution in [0.4, 0.5) is 0 Å². The van der Waals surface area contributed by atoms with E-state index in [2.05, 4.69) is 4.99 Å². The summed E-state index contributed by atoms with van der Waals surface area (Å²) in [4.78, 5) is 13.3. The summed E-state index contributed by atoms with van der Waals surface area (Å²) in [7, 11) is 0. The Labute approximate surface area is 50.1 Å². The second kappa shape index (κ2) is 2.13. The van der Waals surface area contributed by atoms with Gasteiger partial charge in [0.2, 0.25) is 0 Å². The predicted molar refractivity (Wildman–Crippen MR) is 31.7 cm³/mol. The fourth-order valence-electron chi connectivity index (χ4n) is 0.406. The summed E-state index contributed by atoms with van der Waals surface area (Å²) in [6.45, 7) is 0.331. The van der Waals surface area contributed by atoms with Gasteiger partial charge in [0.15, 0.2) is 0 Å². The highest BCUT2D eigenvalue weighted by Gasteiger charge is 2.22. The van der Waals surface area contributed by atoms with E-state index in [0.717, 1.165) is 11.8 Å². The number of nitro groups is 1. The SMILES string of the molecule is O=[N+]([O-])C1CN=CS1. The summed E-state index contributed by atoms with van der Waals surface area (Å²) in [6.07, 6.45) is 0. The maximum absolute atomic E-state index is 9.91. The molecule has 0 saturated carbocycles. The normalized spacial score (nSPS) is 26.2. The molecule has 0 bridgehead atoms. The Hall–Kier alpha value is -0.580. The summed E-state index contributed by atoms with van der Waals surface area (Å²) in [5, 5.41) is 9.39. The fourth-order valence-corrected chi connectivity index (χ4v) is 0.990. The van der Waals surface area contributed by atoms with Gasteiger partial charge in [0.1, 0.15) is 6.54 Å². The van der Waals surface area contributed by atoms with E-state index in [1.54, 1.807) is 0 Å². The van der Waals surface area contributed by atoms with Gasteiger partial charge in [-0.1, -0.05) is 0 Å². The summed E-state index contributed by atoms with van der Waals surface area (Å²) in [5.41, 5.74) is 1.52. The fraction of sp³-hybridized carbons (Fsp3) is 0.667. The van der Waals surface area contributed by atoms with Gasteiger partial charge in [-0.2, -0.15) is 0 Å². The van der Waals surface area contributed by atoms with E-state index in [9.17, 15) is 10.1 Å². The minimum absolute atomic E-state index is 0.322. The molecule has 1 aliphatic heterocycles. The van der Waals surface area contributed by atoms with Crippen molar-refractivity contribution < 1.29 is 4.92 Å². The van der Waals surface area contributed by atoms with Crippen LogP contribution in [-0.2, 0) is 0 Å². The predicted octanol–water partition coefficient (Wildman–Crippen LogP) is 0.364. The lowest BCUT2D eigenvalue weighted by Crippen LogP contribution is -2.14. The minimum atomic E-state index is -0.519. The molecule has 1 heterocycles. The lowest BCUT2D eigenvalue weighted by atomic mass is 10.7. The van der Waals surface area contributed by atoms with Gasteiger partial charge in [-0.05, 0) is 11.8 Å². The molecule has 8 heavy (non-hydrogen) atoms. The maximum Gasteiger partial charge on any atom is 0.282 e. The van der Waals surface area contributed by atoms with Crippen molar-refractivity contribution in [2.24, 2.45) is 4.99 Å². The first-order valence-corrected chi connectivity index (χ1v) is 3.02. The van der Waals surface area contributed by atoms with E-state index in [1.807, 2.05) is 0 Å². The van der Waals surface area contributed by atoms with Gasteiger partial charge in [-0.15, -0.1) is 0 Å². The molecular weight excluding hydrogens is 128 g/mol. The van der Waals surface area contributed by atoms with E-state index >= 15 is 0 Å². The van der Waals surface area contributed by atoms with E-state index in [4.69, 9.17) is 0 Å². The van der Waals surface area contributed by atoms with E-state index in [-0.39, 0.29) is 4.92 Å². The van der Waals surface area contributed by atoms with Crippen LogP contribution in [0.1, 0.15) is 0 Å². The number of thioether (sulfide) groups is 1. The van der Waals surface area contributed by atoms with Gasteiger partial charge in [-0.3, -0.25) is 15.1 Å². The molecule has 0 aromatic carbocycles. The molecule has 0 aromatic heterocycles. The summed E-state index contributed by atoms with van der Waals surface area (Å²) < 4.78 is 0. The number of hydrogen-bond donors (Lipinski definition) is 0. The lowest BCUT2D eigenvalue weighted by molar-refractivity contribution is -0.491. The Morgan fingerprint density at radius 1 is 2.00 bits per heavy atom. The molecule has 0 fully saturated rings. The summed E-state index contributed by atoms with van der Waals surface area (Å²) >= 11 is 1.16. The first-order chi connectivity index (χ1) is 3.80. The van der Waals surface area contributed by atoms with Crippen LogP contribution < -0.4 is 0 Å². The first-order valence-electron chi connectivity index (χ1n) is 2.08. The number of hydrogen-bond acceptors (Lipinski definition) is 4. The molecular formula is C3H4N2O2S. The number of aliphatic imine (C=N–C) groups is 1. The van der Waals surface area contributed by atoms with Gasteiger partial charge >= 0.3 is 0 Å². The summed E-state index contributed by atoms with van der Waals surface area (Å²) in [5.74, 6) is 0. The molecule has 44 valence electrons. The average molecular weight is 132 g/mol. The van der Waals surface area contributed by atoms with Crippen LogP contribution in [0, 0.1) is 10.1 Å². The quantitative estimate of drug-likeness (QED) is 0.382. The van der Waals surface area contributed by atoms with Crippen LogP contribution in [0.25, 0.3) is 0 Å². The zero-order valence-corrected chi connectivity index (χ0v) is 4.80. The van der Waals surface area contributed by atoms with Crippen LogP contribution in [0.5, 0.6) is 0 Å². The van der Waals surface area contributed by atoms with Crippen LogP contribution in [0.3, 0.4) is 0 Å². The zero-order valence-electron chi connectivity index (χ0n) is 3.98. The highest BCUT2D eigenvalue weighted by Crippen LogP contribution is 2.13. The molecule has 4 nitrogen and oxygen atoms in total. The third-order valence-electron chi connectivity index (χ3n) is 0.789. The van der Waals surface area contributed by atoms with Crippen molar-refractivity contribution in [2.45, 2.75) is 5.37 Å². The van der Waals surface area contributed by atoms with Gasteiger partial charge in [0, 0.05) is 4.92 Å². The molecule has 0 aliphatic carbocycles. The molecule has 5 heteroatoms. The van der Waals surface area contributed by atoms with E-state index in [1.165, 1.54) is 5.55 Å². The van der Waals surface area contributed by atoms with Gasteiger partial charge in [0.25, 0.3) is 5.37 Å². The number of rotatable bonds is 1. The molecule has 0 amide bonds. The minimum Gasteiger partial charge on any atom is -0.278 e. The van der Waals surface area contributed by atoms with Crippen molar-refractivity contribution in [3.8, 4) is 0 Å². The lowest BCUT2D eigenvalue weighted by Gasteiger charge is -1.93. The first kappa shape index (κ1) is 5.55. The zero-order chi connectivity index (χ0) is 5.98. The standard InChI is InChI=1S/C3H4N2O2S/c6-5(7)3-1-4-2-8-3/h2-3H,1H2. The molecule has 1 atom stereocenters. The van der Waals surface area contributed by atoms with Crippen LogP contribution >= 0.6 is 11.8 Å².